The summed E-state index contributed by atoms with van der Waals surface area (Å²) >= 11 is 6.03. The van der Waals surface area contributed by atoms with Crippen LogP contribution in [0.25, 0.3) is 0 Å². The van der Waals surface area contributed by atoms with Crippen LogP contribution in [0.4, 0.5) is 5.69 Å². The third-order valence-corrected chi connectivity index (χ3v) is 6.39. The molecule has 0 saturated carbocycles. The van der Waals surface area contributed by atoms with Crippen molar-refractivity contribution in [2.45, 2.75) is 30.7 Å². The molecule has 154 valence electrons. The molecule has 3 rings (SSSR count). The van der Waals surface area contributed by atoms with Gasteiger partial charge in [-0.15, -0.1) is 0 Å². The average molecular weight is 436 g/mol. The molecule has 2 N–H and O–H groups in total. The minimum absolute atomic E-state index is 0.0172. The lowest BCUT2D eigenvalue weighted by Gasteiger charge is -2.32. The second-order valence-electron chi connectivity index (χ2n) is 6.88. The molecule has 7 nitrogen and oxygen atoms in total. The van der Waals surface area contributed by atoms with Gasteiger partial charge in [0, 0.05) is 31.6 Å². The van der Waals surface area contributed by atoms with Crippen LogP contribution in [0.15, 0.2) is 53.4 Å². The number of hydrogen-bond acceptors (Lipinski definition) is 4. The van der Waals surface area contributed by atoms with Crippen molar-refractivity contribution in [3.8, 4) is 0 Å². The molecule has 0 aliphatic carbocycles. The van der Waals surface area contributed by atoms with Crippen LogP contribution < -0.4 is 10.0 Å². The van der Waals surface area contributed by atoms with Gasteiger partial charge >= 0.3 is 0 Å². The van der Waals surface area contributed by atoms with Crippen LogP contribution >= 0.6 is 11.6 Å². The van der Waals surface area contributed by atoms with Crippen LogP contribution in [0, 0.1) is 0 Å². The van der Waals surface area contributed by atoms with E-state index in [-0.39, 0.29) is 33.5 Å². The van der Waals surface area contributed by atoms with Gasteiger partial charge in [-0.2, -0.15) is 0 Å². The molecule has 2 amide bonds. The van der Waals surface area contributed by atoms with Crippen molar-refractivity contribution in [2.75, 3.05) is 17.8 Å². The fraction of sp³-hybridized carbons (Fsp3) is 0.300. The number of amides is 2. The van der Waals surface area contributed by atoms with Crippen molar-refractivity contribution in [1.29, 1.82) is 0 Å². The Bertz CT molecular complexity index is 1020. The van der Waals surface area contributed by atoms with Crippen molar-refractivity contribution in [2.24, 2.45) is 0 Å². The minimum Gasteiger partial charge on any atom is -0.353 e. The fourth-order valence-electron chi connectivity index (χ4n) is 3.24. The molecule has 0 atom stereocenters. The summed E-state index contributed by atoms with van der Waals surface area (Å²) in [5, 5.41) is 3.15. The van der Waals surface area contributed by atoms with Crippen molar-refractivity contribution < 1.29 is 18.0 Å². The number of piperidine rings is 1. The highest BCUT2D eigenvalue weighted by Gasteiger charge is 2.25. The Morgan fingerprint density at radius 2 is 1.76 bits per heavy atom. The first kappa shape index (κ1) is 21.1. The summed E-state index contributed by atoms with van der Waals surface area (Å²) in [6.07, 6.45) is 1.33. The van der Waals surface area contributed by atoms with E-state index in [9.17, 15) is 18.0 Å². The molecule has 9 heteroatoms. The van der Waals surface area contributed by atoms with E-state index in [1.807, 2.05) is 0 Å². The maximum Gasteiger partial charge on any atom is 0.261 e. The summed E-state index contributed by atoms with van der Waals surface area (Å²) < 4.78 is 27.9. The van der Waals surface area contributed by atoms with Crippen LogP contribution in [0.3, 0.4) is 0 Å². The van der Waals surface area contributed by atoms with Gasteiger partial charge in [-0.05, 0) is 43.2 Å². The number of benzene rings is 2. The first-order valence-corrected chi connectivity index (χ1v) is 11.1. The first-order chi connectivity index (χ1) is 13.8. The average Bonchev–Trinajstić information content (AvgIpc) is 2.69. The lowest BCUT2D eigenvalue weighted by molar-refractivity contribution is -0.119. The first-order valence-electron chi connectivity index (χ1n) is 9.20. The molecule has 2 aromatic rings. The highest BCUT2D eigenvalue weighted by atomic mass is 35.5. The number of rotatable bonds is 5. The fourth-order valence-corrected chi connectivity index (χ4v) is 4.61. The van der Waals surface area contributed by atoms with E-state index < -0.39 is 10.0 Å². The van der Waals surface area contributed by atoms with Crippen LogP contribution in [0.1, 0.15) is 30.1 Å². The second kappa shape index (κ2) is 8.84. The van der Waals surface area contributed by atoms with E-state index in [2.05, 4.69) is 10.0 Å². The summed E-state index contributed by atoms with van der Waals surface area (Å²) in [6, 6.07) is 12.5. The molecule has 1 fully saturated rings. The molecule has 0 unspecified atom stereocenters. The summed E-state index contributed by atoms with van der Waals surface area (Å²) in [7, 11) is -3.90. The van der Waals surface area contributed by atoms with Gasteiger partial charge in [0.2, 0.25) is 5.91 Å². The number of para-hydroxylation sites is 1. The normalized spacial score (nSPS) is 15.0. The van der Waals surface area contributed by atoms with Gasteiger partial charge in [0.15, 0.2) is 0 Å². The van der Waals surface area contributed by atoms with Gasteiger partial charge in [0.25, 0.3) is 15.9 Å². The molecule has 29 heavy (non-hydrogen) atoms. The number of likely N-dealkylation sites (tertiary alicyclic amines) is 1. The van der Waals surface area contributed by atoms with E-state index in [4.69, 9.17) is 11.6 Å². The predicted molar refractivity (Wildman–Crippen MR) is 111 cm³/mol. The van der Waals surface area contributed by atoms with Gasteiger partial charge in [-0.1, -0.05) is 29.8 Å². The summed E-state index contributed by atoms with van der Waals surface area (Å²) in [5.74, 6) is -0.320. The van der Waals surface area contributed by atoms with Gasteiger partial charge in [-0.3, -0.25) is 14.3 Å². The van der Waals surface area contributed by atoms with Gasteiger partial charge in [-0.25, -0.2) is 8.42 Å². The summed E-state index contributed by atoms with van der Waals surface area (Å²) in [6.45, 7) is 2.47. The third-order valence-electron chi connectivity index (χ3n) is 4.70. The molecular formula is C20H22ClN3O4S. The van der Waals surface area contributed by atoms with E-state index in [0.717, 1.165) is 0 Å². The molecule has 2 aromatic carbocycles. The van der Waals surface area contributed by atoms with Crippen molar-refractivity contribution in [3.05, 3.63) is 59.1 Å². The van der Waals surface area contributed by atoms with Crippen LogP contribution in [-0.4, -0.2) is 44.3 Å². The zero-order valence-electron chi connectivity index (χ0n) is 15.9. The molecule has 1 aliphatic heterocycles. The van der Waals surface area contributed by atoms with E-state index in [1.54, 1.807) is 41.3 Å². The Morgan fingerprint density at radius 1 is 1.07 bits per heavy atom. The molecule has 0 aromatic heterocycles. The Hall–Kier alpha value is -2.58. The third kappa shape index (κ3) is 5.27. The maximum absolute atomic E-state index is 12.8. The zero-order chi connectivity index (χ0) is 21.0. The number of nitrogens with one attached hydrogen (secondary N) is 2. The number of sulfonamides is 1. The molecular weight excluding hydrogens is 414 g/mol. The number of carbonyl (C=O) groups excluding carboxylic acids is 2. The molecule has 0 radical (unpaired) electrons. The van der Waals surface area contributed by atoms with Crippen molar-refractivity contribution in [1.82, 2.24) is 10.2 Å². The molecule has 1 saturated heterocycles. The number of halogens is 1. The highest BCUT2D eigenvalue weighted by Crippen LogP contribution is 2.24. The summed E-state index contributed by atoms with van der Waals surface area (Å²) in [5.41, 5.74) is 0.566. The lowest BCUT2D eigenvalue weighted by atomic mass is 10.0. The van der Waals surface area contributed by atoms with Crippen molar-refractivity contribution >= 4 is 39.1 Å². The molecule has 0 spiro atoms. The highest BCUT2D eigenvalue weighted by molar-refractivity contribution is 7.92. The van der Waals surface area contributed by atoms with Crippen molar-refractivity contribution in [3.63, 3.8) is 0 Å². The number of anilines is 1. The minimum atomic E-state index is -3.90. The number of nitrogens with zero attached hydrogens (tertiary/aromatic N) is 1. The number of hydrogen-bond donors (Lipinski definition) is 2. The van der Waals surface area contributed by atoms with Crippen LogP contribution in [0.5, 0.6) is 0 Å². The standard InChI is InChI=1S/C20H22ClN3O4S/c1-14(25)22-16-9-11-24(12-10-16)20(26)15-5-4-6-17(13-15)29(27,28)23-19-8-3-2-7-18(19)21/h2-8,13,16,23H,9-12H2,1H3,(H,22,25). The van der Waals surface area contributed by atoms with Gasteiger partial charge in [0.05, 0.1) is 15.6 Å². The van der Waals surface area contributed by atoms with Crippen LogP contribution in [0.2, 0.25) is 5.02 Å². The second-order valence-corrected chi connectivity index (χ2v) is 8.97. The Morgan fingerprint density at radius 3 is 2.41 bits per heavy atom. The van der Waals surface area contributed by atoms with E-state index >= 15 is 0 Å². The van der Waals surface area contributed by atoms with Gasteiger partial charge in [0.1, 0.15) is 0 Å². The van der Waals surface area contributed by atoms with Gasteiger partial charge < -0.3 is 10.2 Å². The zero-order valence-corrected chi connectivity index (χ0v) is 17.5. The molecule has 1 heterocycles. The number of carbonyl (C=O) groups is 2. The Kier molecular flexibility index (Phi) is 6.44. The van der Waals surface area contributed by atoms with Crippen LogP contribution in [-0.2, 0) is 14.8 Å². The summed E-state index contributed by atoms with van der Waals surface area (Å²) in [4.78, 5) is 25.6. The largest absolute Gasteiger partial charge is 0.353 e. The SMILES string of the molecule is CC(=O)NC1CCN(C(=O)c2cccc(S(=O)(=O)Nc3ccccc3Cl)c2)CC1. The van der Waals surface area contributed by atoms with E-state index in [1.165, 1.54) is 19.1 Å². The lowest BCUT2D eigenvalue weighted by Crippen LogP contribution is -2.46. The Labute approximate surface area is 175 Å². The Balaban J connectivity index is 1.73. The smallest absolute Gasteiger partial charge is 0.261 e. The maximum atomic E-state index is 12.8. The molecule has 1 aliphatic rings. The monoisotopic (exact) mass is 435 g/mol. The van der Waals surface area contributed by atoms with E-state index in [0.29, 0.717) is 31.5 Å². The molecule has 0 bridgehead atoms. The predicted octanol–water partition coefficient (Wildman–Crippen LogP) is 2.88. The topological polar surface area (TPSA) is 95.6 Å². The quantitative estimate of drug-likeness (QED) is 0.754.